The number of nitrogens with zero attached hydrogens (tertiary/aromatic N) is 2. The minimum Gasteiger partial charge on any atom is -0.335 e. The van der Waals surface area contributed by atoms with Crippen LogP contribution in [0.15, 0.2) is 42.5 Å². The molecule has 0 aromatic heterocycles. The average molecular weight is 390 g/mol. The quantitative estimate of drug-likeness (QED) is 0.780. The van der Waals surface area contributed by atoms with Crippen LogP contribution in [0.1, 0.15) is 37.4 Å². The lowest BCUT2D eigenvalue weighted by Gasteiger charge is -2.35. The van der Waals surface area contributed by atoms with Crippen LogP contribution < -0.4 is 0 Å². The molecule has 2 aromatic carbocycles. The zero-order chi connectivity index (χ0) is 20.5. The summed E-state index contributed by atoms with van der Waals surface area (Å²) >= 11 is 0. The fourth-order valence-corrected chi connectivity index (χ4v) is 3.25. The SMILES string of the molecule is Cc1cccc(C(=O)N2CCN(C(=O)c3ccc(C(F)(F)F)cc3)CC2)c1C. The number of carbonyl (C=O) groups excluding carboxylic acids is 2. The topological polar surface area (TPSA) is 40.6 Å². The molecule has 2 aromatic rings. The van der Waals surface area contributed by atoms with Crippen LogP contribution in [0.3, 0.4) is 0 Å². The zero-order valence-corrected chi connectivity index (χ0v) is 15.7. The molecule has 0 spiro atoms. The third kappa shape index (κ3) is 4.03. The average Bonchev–Trinajstić information content (AvgIpc) is 2.68. The van der Waals surface area contributed by atoms with Gasteiger partial charge in [0.2, 0.25) is 0 Å². The molecule has 1 fully saturated rings. The van der Waals surface area contributed by atoms with Crippen LogP contribution in [0.4, 0.5) is 13.2 Å². The van der Waals surface area contributed by atoms with E-state index in [0.29, 0.717) is 31.7 Å². The molecule has 0 unspecified atom stereocenters. The number of benzene rings is 2. The number of carbonyl (C=O) groups is 2. The second-order valence-electron chi connectivity index (χ2n) is 6.91. The van der Waals surface area contributed by atoms with Gasteiger partial charge in [-0.1, -0.05) is 12.1 Å². The zero-order valence-electron chi connectivity index (χ0n) is 15.7. The van der Waals surface area contributed by atoms with E-state index in [1.54, 1.807) is 15.9 Å². The summed E-state index contributed by atoms with van der Waals surface area (Å²) in [7, 11) is 0. The highest BCUT2D eigenvalue weighted by Crippen LogP contribution is 2.29. The molecule has 0 radical (unpaired) electrons. The number of amides is 2. The smallest absolute Gasteiger partial charge is 0.335 e. The first-order valence-electron chi connectivity index (χ1n) is 9.00. The van der Waals surface area contributed by atoms with E-state index in [1.165, 1.54) is 12.1 Å². The van der Waals surface area contributed by atoms with Crippen LogP contribution in [0.2, 0.25) is 0 Å². The normalized spacial score (nSPS) is 14.9. The van der Waals surface area contributed by atoms with Crippen molar-refractivity contribution >= 4 is 11.8 Å². The van der Waals surface area contributed by atoms with Gasteiger partial charge < -0.3 is 9.80 Å². The number of rotatable bonds is 2. The van der Waals surface area contributed by atoms with Crippen LogP contribution in [0, 0.1) is 13.8 Å². The van der Waals surface area contributed by atoms with Gasteiger partial charge in [-0.3, -0.25) is 9.59 Å². The summed E-state index contributed by atoms with van der Waals surface area (Å²) in [5.41, 5.74) is 2.07. The number of hydrogen-bond acceptors (Lipinski definition) is 2. The molecule has 0 saturated carbocycles. The van der Waals surface area contributed by atoms with E-state index >= 15 is 0 Å². The number of piperazine rings is 1. The molecule has 0 N–H and O–H groups in total. The van der Waals surface area contributed by atoms with Crippen LogP contribution >= 0.6 is 0 Å². The monoisotopic (exact) mass is 390 g/mol. The molecule has 1 heterocycles. The van der Waals surface area contributed by atoms with E-state index in [0.717, 1.165) is 23.3 Å². The van der Waals surface area contributed by atoms with Crippen molar-refractivity contribution in [2.45, 2.75) is 20.0 Å². The highest BCUT2D eigenvalue weighted by molar-refractivity contribution is 5.97. The van der Waals surface area contributed by atoms with Gasteiger partial charge >= 0.3 is 6.18 Å². The molecule has 28 heavy (non-hydrogen) atoms. The molecular weight excluding hydrogens is 369 g/mol. The molecule has 7 heteroatoms. The molecular formula is C21H21F3N2O2. The van der Waals surface area contributed by atoms with Crippen molar-refractivity contribution in [2.24, 2.45) is 0 Å². The van der Waals surface area contributed by atoms with E-state index in [4.69, 9.17) is 0 Å². The minimum absolute atomic E-state index is 0.0668. The Morgan fingerprint density at radius 1 is 0.821 bits per heavy atom. The summed E-state index contributed by atoms with van der Waals surface area (Å²) in [6.07, 6.45) is -4.43. The largest absolute Gasteiger partial charge is 0.416 e. The molecule has 1 aliphatic rings. The van der Waals surface area contributed by atoms with Gasteiger partial charge in [-0.25, -0.2) is 0 Å². The minimum atomic E-state index is -4.43. The highest BCUT2D eigenvalue weighted by Gasteiger charge is 2.31. The van der Waals surface area contributed by atoms with Crippen LogP contribution in [-0.4, -0.2) is 47.8 Å². The van der Waals surface area contributed by atoms with E-state index in [9.17, 15) is 22.8 Å². The van der Waals surface area contributed by atoms with Crippen LogP contribution in [0.5, 0.6) is 0 Å². The molecule has 1 aliphatic heterocycles. The Kier molecular flexibility index (Phi) is 5.45. The molecule has 0 atom stereocenters. The Morgan fingerprint density at radius 3 is 1.89 bits per heavy atom. The van der Waals surface area contributed by atoms with E-state index in [-0.39, 0.29) is 17.4 Å². The lowest BCUT2D eigenvalue weighted by Crippen LogP contribution is -2.50. The first kappa shape index (κ1) is 19.9. The molecule has 3 rings (SSSR count). The lowest BCUT2D eigenvalue weighted by atomic mass is 10.0. The Balaban J connectivity index is 1.64. The second-order valence-corrected chi connectivity index (χ2v) is 6.91. The number of halogens is 3. The highest BCUT2D eigenvalue weighted by atomic mass is 19.4. The maximum atomic E-state index is 12.8. The van der Waals surface area contributed by atoms with Gasteiger partial charge in [-0.15, -0.1) is 0 Å². The predicted octanol–water partition coefficient (Wildman–Crippen LogP) is 3.92. The molecule has 4 nitrogen and oxygen atoms in total. The maximum absolute atomic E-state index is 12.8. The van der Waals surface area contributed by atoms with E-state index in [2.05, 4.69) is 0 Å². The summed E-state index contributed by atoms with van der Waals surface area (Å²) < 4.78 is 38.0. The van der Waals surface area contributed by atoms with E-state index in [1.807, 2.05) is 26.0 Å². The molecule has 2 amide bonds. The summed E-state index contributed by atoms with van der Waals surface area (Å²) in [5, 5.41) is 0. The number of aryl methyl sites for hydroxylation is 1. The van der Waals surface area contributed by atoms with Crippen molar-refractivity contribution < 1.29 is 22.8 Å². The number of hydrogen-bond donors (Lipinski definition) is 0. The van der Waals surface area contributed by atoms with Crippen molar-refractivity contribution in [3.8, 4) is 0 Å². The van der Waals surface area contributed by atoms with Gasteiger partial charge in [0.15, 0.2) is 0 Å². The first-order valence-corrected chi connectivity index (χ1v) is 9.00. The fourth-order valence-electron chi connectivity index (χ4n) is 3.25. The second kappa shape index (κ2) is 7.66. The third-order valence-electron chi connectivity index (χ3n) is 5.15. The van der Waals surface area contributed by atoms with Gasteiger partial charge in [-0.2, -0.15) is 13.2 Å². The summed E-state index contributed by atoms with van der Waals surface area (Å²) in [6, 6.07) is 9.80. The summed E-state index contributed by atoms with van der Waals surface area (Å²) in [6.45, 7) is 5.32. The Hall–Kier alpha value is -2.83. The van der Waals surface area contributed by atoms with Gasteiger partial charge in [0, 0.05) is 37.3 Å². The molecule has 148 valence electrons. The van der Waals surface area contributed by atoms with Crippen molar-refractivity contribution in [3.05, 3.63) is 70.3 Å². The standard InChI is InChI=1S/C21H21F3N2O2/c1-14-4-3-5-18(15(14)2)20(28)26-12-10-25(11-13-26)19(27)16-6-8-17(9-7-16)21(22,23)24/h3-9H,10-13H2,1-2H3. The lowest BCUT2D eigenvalue weighted by molar-refractivity contribution is -0.137. The fraction of sp³-hybridized carbons (Fsp3) is 0.333. The molecule has 0 bridgehead atoms. The molecule has 1 saturated heterocycles. The first-order chi connectivity index (χ1) is 13.2. The summed E-state index contributed by atoms with van der Waals surface area (Å²) in [4.78, 5) is 28.6. The molecule has 0 aliphatic carbocycles. The van der Waals surface area contributed by atoms with Crippen LogP contribution in [0.25, 0.3) is 0 Å². The maximum Gasteiger partial charge on any atom is 0.416 e. The van der Waals surface area contributed by atoms with Gasteiger partial charge in [0.05, 0.1) is 5.56 Å². The third-order valence-corrected chi connectivity index (χ3v) is 5.15. The number of alkyl halides is 3. The van der Waals surface area contributed by atoms with Crippen LogP contribution in [-0.2, 0) is 6.18 Å². The van der Waals surface area contributed by atoms with E-state index < -0.39 is 11.7 Å². The Bertz CT molecular complexity index is 884. The predicted molar refractivity (Wildman–Crippen MR) is 99.2 cm³/mol. The Morgan fingerprint density at radius 2 is 1.36 bits per heavy atom. The van der Waals surface area contributed by atoms with Gasteiger partial charge in [0.1, 0.15) is 0 Å². The van der Waals surface area contributed by atoms with Gasteiger partial charge in [0.25, 0.3) is 11.8 Å². The van der Waals surface area contributed by atoms with Crippen molar-refractivity contribution in [1.82, 2.24) is 9.80 Å². The Labute approximate surface area is 161 Å². The summed E-state index contributed by atoms with van der Waals surface area (Å²) in [5.74, 6) is -0.393. The van der Waals surface area contributed by atoms with Crippen molar-refractivity contribution in [3.63, 3.8) is 0 Å². The van der Waals surface area contributed by atoms with Crippen molar-refractivity contribution in [1.29, 1.82) is 0 Å². The van der Waals surface area contributed by atoms with Crippen molar-refractivity contribution in [2.75, 3.05) is 26.2 Å². The van der Waals surface area contributed by atoms with Gasteiger partial charge in [-0.05, 0) is 55.3 Å².